The fourth-order valence-corrected chi connectivity index (χ4v) is 14.8. The summed E-state index contributed by atoms with van der Waals surface area (Å²) in [6.07, 6.45) is 6.02. The van der Waals surface area contributed by atoms with Crippen molar-refractivity contribution in [1.29, 1.82) is 0 Å². The van der Waals surface area contributed by atoms with Crippen LogP contribution in [0.3, 0.4) is 0 Å². The van der Waals surface area contributed by atoms with Gasteiger partial charge in [0.1, 0.15) is 22.3 Å². The van der Waals surface area contributed by atoms with Crippen molar-refractivity contribution in [1.82, 2.24) is 15.0 Å². The second kappa shape index (κ2) is 23.5. The molecule has 0 aliphatic heterocycles. The van der Waals surface area contributed by atoms with Gasteiger partial charge in [0.15, 0.2) is 0 Å². The largest absolute Gasteiger partial charge is 3.00 e. The standard InChI is InChI=1S/C90H64N3O2.Ir/c1-88(2)79-43-39-60(52-80(79)89(3,4)90(88,5)6)83-46-42-63(55-93-83)69-27-9-12-30-72(69)66-50-64(70-28-10-7-25-67(70)61-40-44-81(91-53-61)58-23-17-21-56(47-58)73-33-19-35-77-75-31-13-15-37-84(75)94-86(73)77)49-65(51-66)71-29-11-8-26-68(71)62-41-45-82(92-54-62)59-24-18-22-57(48-59)74-34-20-36-78-76-32-14-16-38-85(76)95-87(74)78;/h7-22,25-38,40-55H,1-6H3;/q-3;+3. The van der Waals surface area contributed by atoms with Crippen LogP contribution in [0.5, 0.6) is 0 Å². The maximum absolute atomic E-state index is 6.47. The van der Waals surface area contributed by atoms with Gasteiger partial charge in [0, 0.05) is 51.3 Å². The zero-order valence-electron chi connectivity index (χ0n) is 54.0. The molecule has 16 aromatic rings. The fraction of sp³-hybridized carbons (Fsp3) is 0.100. The molecule has 6 heteroatoms. The first-order chi connectivity index (χ1) is 46.3. The van der Waals surface area contributed by atoms with Crippen molar-refractivity contribution < 1.29 is 28.9 Å². The van der Waals surface area contributed by atoms with E-state index in [1.54, 1.807) is 0 Å². The summed E-state index contributed by atoms with van der Waals surface area (Å²) in [6.45, 7) is 14.3. The van der Waals surface area contributed by atoms with E-state index in [1.807, 2.05) is 55.0 Å². The minimum atomic E-state index is -0.0333. The molecule has 96 heavy (non-hydrogen) atoms. The monoisotopic (exact) mass is 1410 g/mol. The molecule has 460 valence electrons. The topological polar surface area (TPSA) is 65.0 Å². The minimum absolute atomic E-state index is 0. The van der Waals surface area contributed by atoms with E-state index < -0.39 is 0 Å². The van der Waals surface area contributed by atoms with Crippen LogP contribution in [0.15, 0.2) is 288 Å². The maximum Gasteiger partial charge on any atom is 3.00 e. The summed E-state index contributed by atoms with van der Waals surface area (Å²) in [5.74, 6) is 0. The summed E-state index contributed by atoms with van der Waals surface area (Å²) < 4.78 is 12.9. The van der Waals surface area contributed by atoms with Gasteiger partial charge in [-0.25, -0.2) is 0 Å². The molecule has 1 aliphatic carbocycles. The SMILES string of the molecule is CC1(C)c2c[c-]c(-c3ccc(-c4ccccc4-c4cc(-c5ccccc5-c5ccc(-c6[c-]ccc(-c7cccc8c7oc7ccccc78)c6)nc5)cc(-c5ccccc5-c5ccc(-c6[c-]ccc(-c7cccc8c7oc7ccccc78)c6)nc5)c4)cn3)cc2C(C)(C)C1(C)C.[Ir+3]. The van der Waals surface area contributed by atoms with Crippen molar-refractivity contribution >= 4 is 43.9 Å². The molecular formula is C90H64IrN3O2. The van der Waals surface area contributed by atoms with Crippen LogP contribution >= 0.6 is 0 Å². The number of hydrogen-bond donors (Lipinski definition) is 0. The maximum atomic E-state index is 6.47. The summed E-state index contributed by atoms with van der Waals surface area (Å²) in [4.78, 5) is 15.5. The Balaban J connectivity index is 0.00000725. The summed E-state index contributed by atoms with van der Waals surface area (Å²) in [6, 6.07) is 103. The number of fused-ring (bicyclic) bond motifs is 7. The molecule has 5 aromatic heterocycles. The predicted molar refractivity (Wildman–Crippen MR) is 391 cm³/mol. The number of furan rings is 2. The van der Waals surface area contributed by atoms with Gasteiger partial charge in [0.05, 0.1) is 0 Å². The molecule has 0 amide bonds. The van der Waals surface area contributed by atoms with Gasteiger partial charge in [-0.2, -0.15) is 0 Å². The summed E-state index contributed by atoms with van der Waals surface area (Å²) in [5, 5.41) is 4.41. The summed E-state index contributed by atoms with van der Waals surface area (Å²) >= 11 is 0. The molecule has 5 heterocycles. The molecule has 11 aromatic carbocycles. The van der Waals surface area contributed by atoms with E-state index in [9.17, 15) is 0 Å². The summed E-state index contributed by atoms with van der Waals surface area (Å²) in [7, 11) is 0. The van der Waals surface area contributed by atoms with Crippen LogP contribution < -0.4 is 0 Å². The summed E-state index contributed by atoms with van der Waals surface area (Å²) in [5.41, 5.74) is 28.5. The number of nitrogens with zero attached hydrogens (tertiary/aromatic N) is 3. The average molecular weight is 1410 g/mol. The Bertz CT molecular complexity index is 5430. The van der Waals surface area contributed by atoms with E-state index in [-0.39, 0.29) is 36.4 Å². The first-order valence-electron chi connectivity index (χ1n) is 32.6. The first-order valence-corrected chi connectivity index (χ1v) is 32.6. The van der Waals surface area contributed by atoms with Crippen molar-refractivity contribution in [3.63, 3.8) is 0 Å². The smallest absolute Gasteiger partial charge is 0.455 e. The van der Waals surface area contributed by atoms with Gasteiger partial charge in [-0.15, -0.1) is 94.5 Å². The molecule has 1 aliphatic rings. The third kappa shape index (κ3) is 9.97. The van der Waals surface area contributed by atoms with Crippen LogP contribution in [0.25, 0.3) is 167 Å². The van der Waals surface area contributed by atoms with Crippen molar-refractivity contribution in [2.24, 2.45) is 5.41 Å². The number of hydrogen-bond acceptors (Lipinski definition) is 5. The van der Waals surface area contributed by atoms with Crippen molar-refractivity contribution in [2.75, 3.05) is 0 Å². The van der Waals surface area contributed by atoms with Gasteiger partial charge in [-0.05, 0) is 130 Å². The van der Waals surface area contributed by atoms with E-state index in [4.69, 9.17) is 23.8 Å². The van der Waals surface area contributed by atoms with Crippen LogP contribution in [0.2, 0.25) is 0 Å². The van der Waals surface area contributed by atoms with Gasteiger partial charge in [-0.1, -0.05) is 235 Å². The van der Waals surface area contributed by atoms with Crippen molar-refractivity contribution in [2.45, 2.75) is 52.4 Å². The van der Waals surface area contributed by atoms with Crippen LogP contribution in [-0.2, 0) is 30.9 Å². The van der Waals surface area contributed by atoms with E-state index >= 15 is 0 Å². The Hall–Kier alpha value is -10.9. The van der Waals surface area contributed by atoms with E-state index in [0.29, 0.717) is 0 Å². The minimum Gasteiger partial charge on any atom is -0.455 e. The van der Waals surface area contributed by atoms with E-state index in [2.05, 4.69) is 284 Å². The number of rotatable bonds is 11. The molecule has 0 radical (unpaired) electrons. The quantitative estimate of drug-likeness (QED) is 0.121. The van der Waals surface area contributed by atoms with Gasteiger partial charge >= 0.3 is 20.1 Å². The molecule has 0 spiro atoms. The van der Waals surface area contributed by atoms with Crippen LogP contribution in [0, 0.1) is 23.6 Å². The second-order valence-corrected chi connectivity index (χ2v) is 26.8. The van der Waals surface area contributed by atoms with Gasteiger partial charge < -0.3 is 23.8 Å². The molecule has 0 saturated heterocycles. The Labute approximate surface area is 573 Å². The Morgan fingerprint density at radius 3 is 1.03 bits per heavy atom. The van der Waals surface area contributed by atoms with Gasteiger partial charge in [0.2, 0.25) is 0 Å². The van der Waals surface area contributed by atoms with E-state index in [1.165, 1.54) is 11.1 Å². The van der Waals surface area contributed by atoms with Crippen molar-refractivity contribution in [3.05, 3.63) is 309 Å². The van der Waals surface area contributed by atoms with Crippen LogP contribution in [0.4, 0.5) is 0 Å². The average Bonchev–Trinajstić information content (AvgIpc) is 1.54. The zero-order valence-corrected chi connectivity index (χ0v) is 56.4. The molecule has 0 N–H and O–H groups in total. The zero-order chi connectivity index (χ0) is 64.2. The van der Waals surface area contributed by atoms with Crippen LogP contribution in [0.1, 0.15) is 52.7 Å². The van der Waals surface area contributed by atoms with Crippen molar-refractivity contribution in [3.8, 4) is 123 Å². The molecule has 0 unspecified atom stereocenters. The predicted octanol–water partition coefficient (Wildman–Crippen LogP) is 24.0. The molecule has 0 fully saturated rings. The Morgan fingerprint density at radius 2 is 0.635 bits per heavy atom. The number of aromatic nitrogens is 3. The molecule has 0 bridgehead atoms. The van der Waals surface area contributed by atoms with E-state index in [0.717, 1.165) is 167 Å². The van der Waals surface area contributed by atoms with Crippen LogP contribution in [-0.4, -0.2) is 15.0 Å². The Morgan fingerprint density at radius 1 is 0.292 bits per heavy atom. The molecule has 17 rings (SSSR count). The molecule has 0 atom stereocenters. The second-order valence-electron chi connectivity index (χ2n) is 26.8. The van der Waals surface area contributed by atoms with Gasteiger partial charge in [-0.3, -0.25) is 0 Å². The third-order valence-electron chi connectivity index (χ3n) is 21.2. The molecule has 0 saturated carbocycles. The number of benzene rings is 11. The fourth-order valence-electron chi connectivity index (χ4n) is 14.8. The molecular weight excluding hydrogens is 1350 g/mol. The normalized spacial score (nSPS) is 13.7. The molecule has 5 nitrogen and oxygen atoms in total. The third-order valence-corrected chi connectivity index (χ3v) is 21.2. The number of pyridine rings is 3. The Kier molecular flexibility index (Phi) is 14.7. The first kappa shape index (κ1) is 60.1. The number of para-hydroxylation sites is 4. The van der Waals surface area contributed by atoms with Gasteiger partial charge in [0.25, 0.3) is 0 Å².